The lowest BCUT2D eigenvalue weighted by molar-refractivity contribution is 0.202. The number of likely N-dealkylation sites (tertiary alicyclic amines) is 1. The molecular formula is C17H34N2O. The molecule has 1 fully saturated rings. The summed E-state index contributed by atoms with van der Waals surface area (Å²) in [5.41, 5.74) is 1.41. The third kappa shape index (κ3) is 7.41. The quantitative estimate of drug-likeness (QED) is 0.638. The maximum absolute atomic E-state index is 9.10. The summed E-state index contributed by atoms with van der Waals surface area (Å²) < 4.78 is 0. The molecule has 1 aliphatic rings. The lowest BCUT2D eigenvalue weighted by atomic mass is 9.98. The Morgan fingerprint density at radius 1 is 1.30 bits per heavy atom. The number of aliphatic hydroxyl groups excluding tert-OH is 1. The van der Waals surface area contributed by atoms with E-state index >= 15 is 0 Å². The third-order valence-corrected chi connectivity index (χ3v) is 4.27. The predicted octanol–water partition coefficient (Wildman–Crippen LogP) is 2.81. The molecule has 1 heterocycles. The molecule has 20 heavy (non-hydrogen) atoms. The Morgan fingerprint density at radius 2 is 2.00 bits per heavy atom. The second-order valence-electron chi connectivity index (χ2n) is 6.43. The molecule has 0 spiro atoms. The van der Waals surface area contributed by atoms with Gasteiger partial charge in [0, 0.05) is 19.2 Å². The summed E-state index contributed by atoms with van der Waals surface area (Å²) in [5, 5.41) is 12.8. The van der Waals surface area contributed by atoms with E-state index < -0.39 is 0 Å². The first-order valence-corrected chi connectivity index (χ1v) is 8.35. The highest BCUT2D eigenvalue weighted by molar-refractivity contribution is 4.95. The van der Waals surface area contributed by atoms with E-state index in [-0.39, 0.29) is 0 Å². The van der Waals surface area contributed by atoms with E-state index in [0.717, 1.165) is 19.5 Å². The summed E-state index contributed by atoms with van der Waals surface area (Å²) in [6.45, 7) is 11.5. The fourth-order valence-corrected chi connectivity index (χ4v) is 2.90. The van der Waals surface area contributed by atoms with Gasteiger partial charge in [-0.2, -0.15) is 0 Å². The van der Waals surface area contributed by atoms with E-state index in [9.17, 15) is 0 Å². The molecule has 0 aromatic carbocycles. The highest BCUT2D eigenvalue weighted by Crippen LogP contribution is 2.14. The largest absolute Gasteiger partial charge is 0.396 e. The van der Waals surface area contributed by atoms with Gasteiger partial charge in [0.15, 0.2) is 0 Å². The molecule has 0 aromatic rings. The van der Waals surface area contributed by atoms with Crippen LogP contribution < -0.4 is 5.32 Å². The van der Waals surface area contributed by atoms with Crippen LogP contribution in [0.3, 0.4) is 0 Å². The van der Waals surface area contributed by atoms with Gasteiger partial charge in [-0.15, -0.1) is 0 Å². The molecule has 0 aliphatic carbocycles. The Balaban J connectivity index is 2.19. The van der Waals surface area contributed by atoms with Crippen molar-refractivity contribution in [2.45, 2.75) is 58.9 Å². The maximum Gasteiger partial charge on any atom is 0.0434 e. The van der Waals surface area contributed by atoms with Crippen LogP contribution in [0.2, 0.25) is 0 Å². The van der Waals surface area contributed by atoms with E-state index in [1.165, 1.54) is 44.3 Å². The second-order valence-corrected chi connectivity index (χ2v) is 6.43. The van der Waals surface area contributed by atoms with Crippen molar-refractivity contribution in [3.8, 4) is 0 Å². The van der Waals surface area contributed by atoms with Gasteiger partial charge in [0.2, 0.25) is 0 Å². The standard InChI is InChI=1S/C17H34N2O/c1-4-5-16(9-13-20)14-18-17-7-11-19(12-8-17)10-6-15(2)3/h6,16-18,20H,4-5,7-14H2,1-3H3. The SMILES string of the molecule is CCCC(CCO)CNC1CCN(CC=C(C)C)CC1. The highest BCUT2D eigenvalue weighted by atomic mass is 16.3. The molecule has 0 aromatic heterocycles. The summed E-state index contributed by atoms with van der Waals surface area (Å²) in [7, 11) is 0. The zero-order valence-electron chi connectivity index (χ0n) is 13.7. The molecule has 0 radical (unpaired) electrons. The summed E-state index contributed by atoms with van der Waals surface area (Å²) >= 11 is 0. The van der Waals surface area contributed by atoms with Crippen molar-refractivity contribution in [3.05, 3.63) is 11.6 Å². The van der Waals surface area contributed by atoms with Crippen LogP contribution in [0.5, 0.6) is 0 Å². The van der Waals surface area contributed by atoms with E-state index in [0.29, 0.717) is 18.6 Å². The molecule has 118 valence electrons. The van der Waals surface area contributed by atoms with Gasteiger partial charge in [-0.25, -0.2) is 0 Å². The van der Waals surface area contributed by atoms with Crippen molar-refractivity contribution >= 4 is 0 Å². The highest BCUT2D eigenvalue weighted by Gasteiger charge is 2.19. The number of allylic oxidation sites excluding steroid dienone is 1. The molecular weight excluding hydrogens is 248 g/mol. The molecule has 2 N–H and O–H groups in total. The molecule has 1 saturated heterocycles. The molecule has 1 rings (SSSR count). The summed E-state index contributed by atoms with van der Waals surface area (Å²) in [6, 6.07) is 0.677. The number of aliphatic hydroxyl groups is 1. The number of nitrogens with one attached hydrogen (secondary N) is 1. The van der Waals surface area contributed by atoms with Crippen molar-refractivity contribution in [1.82, 2.24) is 10.2 Å². The van der Waals surface area contributed by atoms with Crippen LogP contribution in [-0.2, 0) is 0 Å². The van der Waals surface area contributed by atoms with Crippen molar-refractivity contribution < 1.29 is 5.11 Å². The molecule has 3 nitrogen and oxygen atoms in total. The van der Waals surface area contributed by atoms with Crippen LogP contribution in [0.25, 0.3) is 0 Å². The number of piperidine rings is 1. The molecule has 3 heteroatoms. The summed E-state index contributed by atoms with van der Waals surface area (Å²) in [4.78, 5) is 2.54. The predicted molar refractivity (Wildman–Crippen MR) is 87.0 cm³/mol. The van der Waals surface area contributed by atoms with E-state index in [1.54, 1.807) is 0 Å². The van der Waals surface area contributed by atoms with Gasteiger partial charge in [0.25, 0.3) is 0 Å². The lowest BCUT2D eigenvalue weighted by Crippen LogP contribution is -2.43. The minimum Gasteiger partial charge on any atom is -0.396 e. The monoisotopic (exact) mass is 282 g/mol. The zero-order chi connectivity index (χ0) is 14.8. The molecule has 1 atom stereocenters. The molecule has 0 amide bonds. The fourth-order valence-electron chi connectivity index (χ4n) is 2.90. The normalized spacial score (nSPS) is 19.0. The van der Waals surface area contributed by atoms with Crippen LogP contribution in [-0.4, -0.2) is 48.8 Å². The van der Waals surface area contributed by atoms with Crippen LogP contribution in [0.1, 0.15) is 52.9 Å². The number of hydrogen-bond donors (Lipinski definition) is 2. The minimum absolute atomic E-state index is 0.327. The molecule has 1 aliphatic heterocycles. The smallest absolute Gasteiger partial charge is 0.0434 e. The molecule has 1 unspecified atom stereocenters. The van der Waals surface area contributed by atoms with Gasteiger partial charge in [0.1, 0.15) is 0 Å². The van der Waals surface area contributed by atoms with Crippen LogP contribution in [0.4, 0.5) is 0 Å². The topological polar surface area (TPSA) is 35.5 Å². The Labute approximate surface area is 125 Å². The summed E-state index contributed by atoms with van der Waals surface area (Å²) in [6.07, 6.45) is 8.23. The summed E-state index contributed by atoms with van der Waals surface area (Å²) in [5.74, 6) is 0.647. The van der Waals surface area contributed by atoms with Crippen LogP contribution in [0.15, 0.2) is 11.6 Å². The van der Waals surface area contributed by atoms with E-state index in [2.05, 4.69) is 37.1 Å². The zero-order valence-corrected chi connectivity index (χ0v) is 13.7. The van der Waals surface area contributed by atoms with Gasteiger partial charge < -0.3 is 10.4 Å². The molecule has 0 saturated carbocycles. The Hall–Kier alpha value is -0.380. The van der Waals surface area contributed by atoms with Gasteiger partial charge in [-0.05, 0) is 65.1 Å². The van der Waals surface area contributed by atoms with E-state index in [4.69, 9.17) is 5.11 Å². The number of hydrogen-bond acceptors (Lipinski definition) is 3. The first-order valence-electron chi connectivity index (χ1n) is 8.35. The van der Waals surface area contributed by atoms with Gasteiger partial charge in [0.05, 0.1) is 0 Å². The second kappa shape index (κ2) is 10.4. The van der Waals surface area contributed by atoms with Crippen LogP contribution >= 0.6 is 0 Å². The number of nitrogens with zero attached hydrogens (tertiary/aromatic N) is 1. The Bertz CT molecular complexity index is 260. The average Bonchev–Trinajstić information content (AvgIpc) is 2.44. The number of rotatable bonds is 9. The van der Waals surface area contributed by atoms with Crippen LogP contribution in [0, 0.1) is 5.92 Å². The maximum atomic E-state index is 9.10. The van der Waals surface area contributed by atoms with Crippen molar-refractivity contribution in [3.63, 3.8) is 0 Å². The van der Waals surface area contributed by atoms with E-state index in [1.807, 2.05) is 0 Å². The first kappa shape index (κ1) is 17.7. The Kier molecular flexibility index (Phi) is 9.16. The van der Waals surface area contributed by atoms with Crippen molar-refractivity contribution in [1.29, 1.82) is 0 Å². The lowest BCUT2D eigenvalue weighted by Gasteiger charge is -2.32. The average molecular weight is 282 g/mol. The Morgan fingerprint density at radius 3 is 2.55 bits per heavy atom. The minimum atomic E-state index is 0.327. The van der Waals surface area contributed by atoms with Crippen molar-refractivity contribution in [2.75, 3.05) is 32.8 Å². The molecule has 0 bridgehead atoms. The van der Waals surface area contributed by atoms with Crippen molar-refractivity contribution in [2.24, 2.45) is 5.92 Å². The third-order valence-electron chi connectivity index (χ3n) is 4.27. The fraction of sp³-hybridized carbons (Fsp3) is 0.882. The first-order chi connectivity index (χ1) is 9.65. The van der Waals surface area contributed by atoms with Gasteiger partial charge >= 0.3 is 0 Å². The van der Waals surface area contributed by atoms with Gasteiger partial charge in [-0.1, -0.05) is 25.0 Å². The van der Waals surface area contributed by atoms with Gasteiger partial charge in [-0.3, -0.25) is 4.90 Å².